The first-order valence-corrected chi connectivity index (χ1v) is 4.97. The molecule has 1 rings (SSSR count). The van der Waals surface area contributed by atoms with Gasteiger partial charge in [-0.05, 0) is 13.0 Å². The van der Waals surface area contributed by atoms with Crippen LogP contribution in [0, 0.1) is 5.92 Å². The van der Waals surface area contributed by atoms with E-state index >= 15 is 0 Å². The summed E-state index contributed by atoms with van der Waals surface area (Å²) in [5.74, 6) is 0.647. The molecular weight excluding hydrogens is 162 g/mol. The molecule has 13 heavy (non-hydrogen) atoms. The van der Waals surface area contributed by atoms with Crippen LogP contribution in [0.15, 0.2) is 12.7 Å². The highest BCUT2D eigenvalue weighted by molar-refractivity contribution is 5.81. The highest BCUT2D eigenvalue weighted by Gasteiger charge is 2.38. The Kier molecular flexibility index (Phi) is 2.91. The normalized spacial score (nSPS) is 40.4. The van der Waals surface area contributed by atoms with Gasteiger partial charge < -0.3 is 4.48 Å². The minimum absolute atomic E-state index is 0.223. The zero-order chi connectivity index (χ0) is 10.1. The van der Waals surface area contributed by atoms with Crippen LogP contribution < -0.4 is 0 Å². The molecule has 1 saturated heterocycles. The van der Waals surface area contributed by atoms with E-state index in [1.807, 2.05) is 13.0 Å². The molecule has 0 amide bonds. The van der Waals surface area contributed by atoms with Crippen LogP contribution in [0.1, 0.15) is 20.3 Å². The number of quaternary nitrogens is 1. The molecule has 0 radical (unpaired) electrons. The second-order valence-corrected chi connectivity index (χ2v) is 4.55. The summed E-state index contributed by atoms with van der Waals surface area (Å²) in [6.45, 7) is 9.91. The molecule has 0 saturated carbocycles. The minimum atomic E-state index is 0.223. The van der Waals surface area contributed by atoms with E-state index in [1.165, 1.54) is 0 Å². The molecule has 1 heterocycles. The third-order valence-electron chi connectivity index (χ3n) is 3.35. The predicted octanol–water partition coefficient (Wildman–Crippen LogP) is 1.62. The van der Waals surface area contributed by atoms with Crippen molar-refractivity contribution in [2.24, 2.45) is 5.92 Å². The molecule has 2 nitrogen and oxygen atoms in total. The van der Waals surface area contributed by atoms with E-state index in [9.17, 15) is 4.79 Å². The molecule has 0 aliphatic carbocycles. The lowest BCUT2D eigenvalue weighted by molar-refractivity contribution is -0.930. The van der Waals surface area contributed by atoms with Crippen molar-refractivity contribution in [2.75, 3.05) is 20.1 Å². The van der Waals surface area contributed by atoms with Crippen LogP contribution in [0.25, 0.3) is 0 Å². The Hall–Kier alpha value is -0.630. The Labute approximate surface area is 80.8 Å². The number of Topliss-reactive ketones (excluding diaryl/α,β-unsaturated/α-hetero) is 1. The zero-order valence-electron chi connectivity index (χ0n) is 8.92. The highest BCUT2D eigenvalue weighted by atomic mass is 16.1. The molecule has 3 atom stereocenters. The van der Waals surface area contributed by atoms with Crippen LogP contribution in [0.3, 0.4) is 0 Å². The standard InChI is InChI=1S/C11H20NO/c1-5-6-12(4)8-9(2)11(13)7-10(12)3/h5,9-10H,1,6-8H2,2-4H3/q+1/t9-,10-,12-/m1/s1. The zero-order valence-corrected chi connectivity index (χ0v) is 8.92. The van der Waals surface area contributed by atoms with Crippen molar-refractivity contribution in [3.63, 3.8) is 0 Å². The molecule has 1 fully saturated rings. The highest BCUT2D eigenvalue weighted by Crippen LogP contribution is 2.24. The number of likely N-dealkylation sites (N-methyl/N-ethyl adjacent to an activating group) is 1. The van der Waals surface area contributed by atoms with Gasteiger partial charge in [-0.1, -0.05) is 13.5 Å². The van der Waals surface area contributed by atoms with Crippen molar-refractivity contribution < 1.29 is 9.28 Å². The SMILES string of the molecule is C=CC[N@+]1(C)C[C@@H](C)C(=O)C[C@H]1C. The molecule has 0 bridgehead atoms. The Balaban J connectivity index is 2.75. The van der Waals surface area contributed by atoms with E-state index in [1.54, 1.807) is 0 Å². The van der Waals surface area contributed by atoms with Gasteiger partial charge in [0.15, 0.2) is 0 Å². The van der Waals surface area contributed by atoms with Gasteiger partial charge >= 0.3 is 0 Å². The van der Waals surface area contributed by atoms with Crippen LogP contribution in [-0.2, 0) is 4.79 Å². The average molecular weight is 182 g/mol. The number of ketones is 1. The van der Waals surface area contributed by atoms with Crippen molar-refractivity contribution >= 4 is 5.78 Å². The van der Waals surface area contributed by atoms with E-state index in [-0.39, 0.29) is 5.92 Å². The van der Waals surface area contributed by atoms with Gasteiger partial charge in [0, 0.05) is 0 Å². The first kappa shape index (κ1) is 10.5. The molecule has 1 aliphatic rings. The van der Waals surface area contributed by atoms with Gasteiger partial charge in [-0.25, -0.2) is 0 Å². The number of hydrogen-bond acceptors (Lipinski definition) is 1. The van der Waals surface area contributed by atoms with Gasteiger partial charge in [0.05, 0.1) is 38.5 Å². The number of hydrogen-bond donors (Lipinski definition) is 0. The topological polar surface area (TPSA) is 17.1 Å². The Morgan fingerprint density at radius 1 is 1.62 bits per heavy atom. The number of rotatable bonds is 2. The molecule has 0 aromatic carbocycles. The van der Waals surface area contributed by atoms with Gasteiger partial charge in [-0.15, -0.1) is 0 Å². The first-order valence-electron chi connectivity index (χ1n) is 4.97. The lowest BCUT2D eigenvalue weighted by Crippen LogP contribution is -2.58. The summed E-state index contributed by atoms with van der Waals surface area (Å²) in [4.78, 5) is 11.5. The Morgan fingerprint density at radius 2 is 2.23 bits per heavy atom. The lowest BCUT2D eigenvalue weighted by Gasteiger charge is -2.44. The largest absolute Gasteiger partial charge is 0.320 e. The van der Waals surface area contributed by atoms with E-state index in [2.05, 4.69) is 20.6 Å². The fourth-order valence-electron chi connectivity index (χ4n) is 2.17. The fraction of sp³-hybridized carbons (Fsp3) is 0.727. The Morgan fingerprint density at radius 3 is 2.77 bits per heavy atom. The van der Waals surface area contributed by atoms with E-state index in [4.69, 9.17) is 0 Å². The molecule has 0 unspecified atom stereocenters. The maximum absolute atomic E-state index is 11.5. The van der Waals surface area contributed by atoms with Gasteiger partial charge in [-0.2, -0.15) is 0 Å². The third-order valence-corrected chi connectivity index (χ3v) is 3.35. The Bertz CT molecular complexity index is 224. The summed E-state index contributed by atoms with van der Waals surface area (Å²) in [7, 11) is 2.22. The molecule has 2 heteroatoms. The summed E-state index contributed by atoms with van der Waals surface area (Å²) in [6, 6.07) is 0.446. The van der Waals surface area contributed by atoms with Gasteiger partial charge in [-0.3, -0.25) is 4.79 Å². The van der Waals surface area contributed by atoms with Gasteiger partial charge in [0.2, 0.25) is 0 Å². The number of nitrogens with zero attached hydrogens (tertiary/aromatic N) is 1. The van der Waals surface area contributed by atoms with Crippen LogP contribution in [0.4, 0.5) is 0 Å². The van der Waals surface area contributed by atoms with Crippen molar-refractivity contribution in [1.29, 1.82) is 0 Å². The van der Waals surface area contributed by atoms with Gasteiger partial charge in [0.1, 0.15) is 5.78 Å². The summed E-state index contributed by atoms with van der Waals surface area (Å²) in [5, 5.41) is 0. The lowest BCUT2D eigenvalue weighted by atomic mass is 9.91. The molecule has 0 aromatic rings. The van der Waals surface area contributed by atoms with Crippen molar-refractivity contribution in [1.82, 2.24) is 0 Å². The summed E-state index contributed by atoms with van der Waals surface area (Å²) in [6.07, 6.45) is 2.69. The van der Waals surface area contributed by atoms with Crippen LogP contribution in [-0.4, -0.2) is 36.4 Å². The summed E-state index contributed by atoms with van der Waals surface area (Å²) < 4.78 is 0.969. The maximum Gasteiger partial charge on any atom is 0.147 e. The predicted molar refractivity (Wildman–Crippen MR) is 54.4 cm³/mol. The molecule has 0 spiro atoms. The average Bonchev–Trinajstić information content (AvgIpc) is 2.02. The molecule has 0 aromatic heterocycles. The number of likely N-dealkylation sites (tertiary alicyclic amines) is 1. The molecule has 0 N–H and O–H groups in total. The summed E-state index contributed by atoms with van der Waals surface area (Å²) in [5.41, 5.74) is 0. The van der Waals surface area contributed by atoms with Crippen molar-refractivity contribution in [3.8, 4) is 0 Å². The van der Waals surface area contributed by atoms with E-state index < -0.39 is 0 Å². The van der Waals surface area contributed by atoms with Crippen molar-refractivity contribution in [3.05, 3.63) is 12.7 Å². The number of carbonyl (C=O) groups excluding carboxylic acids is 1. The second kappa shape index (κ2) is 3.62. The van der Waals surface area contributed by atoms with Gasteiger partial charge in [0.25, 0.3) is 0 Å². The quantitative estimate of drug-likeness (QED) is 0.468. The smallest absolute Gasteiger partial charge is 0.147 e. The number of piperidine rings is 1. The second-order valence-electron chi connectivity index (χ2n) is 4.55. The maximum atomic E-state index is 11.5. The molecule has 74 valence electrons. The summed E-state index contributed by atoms with van der Waals surface area (Å²) >= 11 is 0. The first-order chi connectivity index (χ1) is 5.99. The van der Waals surface area contributed by atoms with Crippen LogP contribution in [0.5, 0.6) is 0 Å². The van der Waals surface area contributed by atoms with Crippen LogP contribution in [0.2, 0.25) is 0 Å². The number of carbonyl (C=O) groups is 1. The van der Waals surface area contributed by atoms with Crippen molar-refractivity contribution in [2.45, 2.75) is 26.3 Å². The van der Waals surface area contributed by atoms with E-state index in [0.29, 0.717) is 11.8 Å². The monoisotopic (exact) mass is 182 g/mol. The minimum Gasteiger partial charge on any atom is -0.320 e. The van der Waals surface area contributed by atoms with Crippen LogP contribution >= 0.6 is 0 Å². The molecular formula is C11H20NO+. The molecule has 1 aliphatic heterocycles. The van der Waals surface area contributed by atoms with E-state index in [0.717, 1.165) is 24.0 Å². The fourth-order valence-corrected chi connectivity index (χ4v) is 2.17. The third kappa shape index (κ3) is 1.99.